The summed E-state index contributed by atoms with van der Waals surface area (Å²) in [4.78, 5) is 2.15. The number of hydrogen-bond acceptors (Lipinski definition) is 2. The molecule has 0 saturated carbocycles. The summed E-state index contributed by atoms with van der Waals surface area (Å²) in [5.74, 6) is 0. The van der Waals surface area contributed by atoms with E-state index in [4.69, 9.17) is 16.3 Å². The molecule has 82 valence electrons. The first-order chi connectivity index (χ1) is 7.24. The van der Waals surface area contributed by atoms with Crippen molar-refractivity contribution >= 4 is 17.3 Å². The lowest BCUT2D eigenvalue weighted by Crippen LogP contribution is -2.19. The lowest BCUT2D eigenvalue weighted by Gasteiger charge is -2.19. The molecule has 0 saturated heterocycles. The van der Waals surface area contributed by atoms with Crippen molar-refractivity contribution in [2.75, 3.05) is 25.1 Å². The smallest absolute Gasteiger partial charge is 0.0889 e. The van der Waals surface area contributed by atoms with E-state index in [1.807, 2.05) is 31.3 Å². The first kappa shape index (κ1) is 11.9. The highest BCUT2D eigenvalue weighted by atomic mass is 35.5. The van der Waals surface area contributed by atoms with Gasteiger partial charge < -0.3 is 9.64 Å². The van der Waals surface area contributed by atoms with E-state index < -0.39 is 0 Å². The largest absolute Gasteiger partial charge is 0.502 e. The van der Waals surface area contributed by atoms with Gasteiger partial charge in [-0.3, -0.25) is 0 Å². The van der Waals surface area contributed by atoms with Gasteiger partial charge in [-0.05, 0) is 24.6 Å². The van der Waals surface area contributed by atoms with E-state index in [1.54, 1.807) is 0 Å². The number of nitrogens with zero attached hydrogens (tertiary/aromatic N) is 1. The molecule has 1 aromatic rings. The lowest BCUT2D eigenvalue weighted by molar-refractivity contribution is 0.247. The maximum atomic E-state index is 5.91. The topological polar surface area (TPSA) is 12.5 Å². The van der Waals surface area contributed by atoms with Crippen LogP contribution in [-0.2, 0) is 4.74 Å². The van der Waals surface area contributed by atoms with Gasteiger partial charge in [0.15, 0.2) is 0 Å². The standard InChI is InChI=1S/C12H16ClNO/c1-3-15-9-5-8-14(2)12-7-4-6-11(13)10-12/h3-4,6-7,10H,1,5,8-9H2,2H3. The number of halogens is 1. The van der Waals surface area contributed by atoms with Gasteiger partial charge in [-0.25, -0.2) is 0 Å². The van der Waals surface area contributed by atoms with E-state index in [2.05, 4.69) is 11.5 Å². The molecule has 0 aliphatic rings. The molecule has 15 heavy (non-hydrogen) atoms. The minimum Gasteiger partial charge on any atom is -0.502 e. The number of rotatable bonds is 6. The number of benzene rings is 1. The van der Waals surface area contributed by atoms with Crippen LogP contribution in [0.1, 0.15) is 6.42 Å². The summed E-state index contributed by atoms with van der Waals surface area (Å²) in [5, 5.41) is 0.765. The van der Waals surface area contributed by atoms with Crippen molar-refractivity contribution in [3.05, 3.63) is 42.1 Å². The van der Waals surface area contributed by atoms with Crippen molar-refractivity contribution in [1.29, 1.82) is 0 Å². The molecule has 1 aromatic carbocycles. The number of hydrogen-bond donors (Lipinski definition) is 0. The summed E-state index contributed by atoms with van der Waals surface area (Å²) in [5.41, 5.74) is 1.13. The van der Waals surface area contributed by atoms with Crippen molar-refractivity contribution in [1.82, 2.24) is 0 Å². The zero-order valence-electron chi connectivity index (χ0n) is 8.95. The second-order valence-corrected chi connectivity index (χ2v) is 3.73. The molecule has 0 radical (unpaired) electrons. The van der Waals surface area contributed by atoms with E-state index in [9.17, 15) is 0 Å². The summed E-state index contributed by atoms with van der Waals surface area (Å²) < 4.78 is 5.05. The second kappa shape index (κ2) is 6.36. The quantitative estimate of drug-likeness (QED) is 0.544. The third-order valence-corrected chi connectivity index (χ3v) is 2.36. The van der Waals surface area contributed by atoms with Crippen LogP contribution in [0.2, 0.25) is 5.02 Å². The van der Waals surface area contributed by atoms with Crippen LogP contribution in [0.3, 0.4) is 0 Å². The summed E-state index contributed by atoms with van der Waals surface area (Å²) in [7, 11) is 2.04. The van der Waals surface area contributed by atoms with E-state index in [0.29, 0.717) is 6.61 Å². The molecule has 0 aliphatic carbocycles. The Morgan fingerprint density at radius 2 is 2.33 bits per heavy atom. The van der Waals surface area contributed by atoms with E-state index >= 15 is 0 Å². The Bertz CT molecular complexity index is 314. The molecule has 0 atom stereocenters. The third kappa shape index (κ3) is 4.26. The van der Waals surface area contributed by atoms with Gasteiger partial charge in [-0.15, -0.1) is 0 Å². The normalized spacial score (nSPS) is 9.73. The minimum atomic E-state index is 0.703. The van der Waals surface area contributed by atoms with Gasteiger partial charge >= 0.3 is 0 Å². The van der Waals surface area contributed by atoms with Crippen LogP contribution in [0.5, 0.6) is 0 Å². The monoisotopic (exact) mass is 225 g/mol. The third-order valence-electron chi connectivity index (χ3n) is 2.12. The molecule has 0 aromatic heterocycles. The molecule has 0 aliphatic heterocycles. The molecule has 0 bridgehead atoms. The first-order valence-corrected chi connectivity index (χ1v) is 5.31. The fraction of sp³-hybridized carbons (Fsp3) is 0.333. The maximum absolute atomic E-state index is 5.91. The predicted molar refractivity (Wildman–Crippen MR) is 65.5 cm³/mol. The first-order valence-electron chi connectivity index (χ1n) is 4.93. The molecule has 1 rings (SSSR count). The Morgan fingerprint density at radius 1 is 1.53 bits per heavy atom. The van der Waals surface area contributed by atoms with Crippen LogP contribution < -0.4 is 4.90 Å². The average molecular weight is 226 g/mol. The van der Waals surface area contributed by atoms with Crippen molar-refractivity contribution in [2.45, 2.75) is 6.42 Å². The zero-order chi connectivity index (χ0) is 11.1. The van der Waals surface area contributed by atoms with Crippen molar-refractivity contribution < 1.29 is 4.74 Å². The van der Waals surface area contributed by atoms with Crippen molar-refractivity contribution in [2.24, 2.45) is 0 Å². The Hall–Kier alpha value is -1.15. The van der Waals surface area contributed by atoms with Gasteiger partial charge in [0, 0.05) is 24.3 Å². The molecule has 0 spiro atoms. The van der Waals surface area contributed by atoms with Gasteiger partial charge in [-0.1, -0.05) is 24.2 Å². The highest BCUT2D eigenvalue weighted by Crippen LogP contribution is 2.18. The van der Waals surface area contributed by atoms with Crippen LogP contribution in [0.4, 0.5) is 5.69 Å². The zero-order valence-corrected chi connectivity index (χ0v) is 9.70. The highest BCUT2D eigenvalue weighted by molar-refractivity contribution is 6.30. The lowest BCUT2D eigenvalue weighted by atomic mass is 10.3. The van der Waals surface area contributed by atoms with Gasteiger partial charge in [-0.2, -0.15) is 0 Å². The fourth-order valence-electron chi connectivity index (χ4n) is 1.31. The van der Waals surface area contributed by atoms with E-state index in [0.717, 1.165) is 23.7 Å². The molecule has 0 fully saturated rings. The SMILES string of the molecule is C=COCCCN(C)c1cccc(Cl)c1. The maximum Gasteiger partial charge on any atom is 0.0889 e. The summed E-state index contributed by atoms with van der Waals surface area (Å²) in [6.07, 6.45) is 2.44. The van der Waals surface area contributed by atoms with Gasteiger partial charge in [0.25, 0.3) is 0 Å². The Kier molecular flexibility index (Phi) is 5.05. The second-order valence-electron chi connectivity index (χ2n) is 3.29. The molecule has 3 heteroatoms. The Morgan fingerprint density at radius 3 is 3.00 bits per heavy atom. The number of ether oxygens (including phenoxy) is 1. The van der Waals surface area contributed by atoms with Crippen LogP contribution >= 0.6 is 11.6 Å². The van der Waals surface area contributed by atoms with Crippen LogP contribution in [0.25, 0.3) is 0 Å². The summed E-state index contributed by atoms with van der Waals surface area (Å²) >= 11 is 5.91. The molecule has 0 N–H and O–H groups in total. The Balaban J connectivity index is 2.39. The summed E-state index contributed by atoms with van der Waals surface area (Å²) in [6.45, 7) is 5.14. The molecular formula is C12H16ClNO. The van der Waals surface area contributed by atoms with Crippen molar-refractivity contribution in [3.8, 4) is 0 Å². The van der Waals surface area contributed by atoms with E-state index in [1.165, 1.54) is 6.26 Å². The summed E-state index contributed by atoms with van der Waals surface area (Å²) in [6, 6.07) is 7.82. The van der Waals surface area contributed by atoms with Gasteiger partial charge in [0.2, 0.25) is 0 Å². The Labute approximate surface area is 96.1 Å². The molecule has 0 amide bonds. The molecule has 2 nitrogen and oxygen atoms in total. The molecule has 0 unspecified atom stereocenters. The fourth-order valence-corrected chi connectivity index (χ4v) is 1.50. The molecule has 0 heterocycles. The number of anilines is 1. The van der Waals surface area contributed by atoms with Crippen LogP contribution in [0, 0.1) is 0 Å². The minimum absolute atomic E-state index is 0.703. The molecular weight excluding hydrogens is 210 g/mol. The van der Waals surface area contributed by atoms with Crippen LogP contribution in [-0.4, -0.2) is 20.2 Å². The average Bonchev–Trinajstić information content (AvgIpc) is 2.24. The predicted octanol–water partition coefficient (Wildman–Crippen LogP) is 3.33. The highest BCUT2D eigenvalue weighted by Gasteiger charge is 2.00. The van der Waals surface area contributed by atoms with E-state index in [-0.39, 0.29) is 0 Å². The van der Waals surface area contributed by atoms with Gasteiger partial charge in [0.1, 0.15) is 0 Å². The van der Waals surface area contributed by atoms with Crippen molar-refractivity contribution in [3.63, 3.8) is 0 Å². The van der Waals surface area contributed by atoms with Crippen LogP contribution in [0.15, 0.2) is 37.1 Å². The van der Waals surface area contributed by atoms with Gasteiger partial charge in [0.05, 0.1) is 12.9 Å².